The van der Waals surface area contributed by atoms with Crippen LogP contribution in [0.1, 0.15) is 32.1 Å². The molecule has 1 N–H and O–H groups in total. The van der Waals surface area contributed by atoms with E-state index >= 15 is 0 Å². The van der Waals surface area contributed by atoms with E-state index in [1.54, 1.807) is 0 Å². The summed E-state index contributed by atoms with van der Waals surface area (Å²) in [6.07, 6.45) is 6.91. The van der Waals surface area contributed by atoms with Gasteiger partial charge in [0.1, 0.15) is 0 Å². The highest BCUT2D eigenvalue weighted by molar-refractivity contribution is 4.97. The van der Waals surface area contributed by atoms with Crippen LogP contribution in [0.25, 0.3) is 0 Å². The van der Waals surface area contributed by atoms with E-state index in [1.807, 2.05) is 7.05 Å². The Morgan fingerprint density at radius 1 is 1.30 bits per heavy atom. The van der Waals surface area contributed by atoms with Gasteiger partial charge in [-0.15, -0.1) is 0 Å². The van der Waals surface area contributed by atoms with Crippen LogP contribution in [0.5, 0.6) is 0 Å². The monoisotopic (exact) mass is 139 g/mol. The SMILES string of the molecule is C=C(NC)C1CCCCC1. The Balaban J connectivity index is 2.31. The largest absolute Gasteiger partial charge is 0.392 e. The second-order valence-electron chi connectivity index (χ2n) is 3.11. The first-order valence-corrected chi connectivity index (χ1v) is 4.21. The van der Waals surface area contributed by atoms with E-state index in [-0.39, 0.29) is 0 Å². The Bertz CT molecular complexity index is 112. The molecule has 1 heteroatoms. The van der Waals surface area contributed by atoms with Crippen LogP contribution in [0.2, 0.25) is 0 Å². The van der Waals surface area contributed by atoms with Crippen molar-refractivity contribution >= 4 is 0 Å². The van der Waals surface area contributed by atoms with Crippen LogP contribution < -0.4 is 5.32 Å². The molecule has 0 aromatic carbocycles. The third-order valence-corrected chi connectivity index (χ3v) is 2.42. The zero-order chi connectivity index (χ0) is 7.40. The van der Waals surface area contributed by atoms with E-state index in [9.17, 15) is 0 Å². The van der Waals surface area contributed by atoms with Gasteiger partial charge in [0.15, 0.2) is 0 Å². The maximum atomic E-state index is 3.99. The van der Waals surface area contributed by atoms with Crippen molar-refractivity contribution < 1.29 is 0 Å². The predicted octanol–water partition coefficient (Wildman–Crippen LogP) is 2.30. The standard InChI is InChI=1S/C9H17N/c1-8(10-2)9-6-4-3-5-7-9/h9-10H,1,3-7H2,2H3. The molecule has 1 nitrogen and oxygen atoms in total. The molecular weight excluding hydrogens is 122 g/mol. The van der Waals surface area contributed by atoms with E-state index in [1.165, 1.54) is 37.8 Å². The molecule has 1 aliphatic carbocycles. The molecule has 0 unspecified atom stereocenters. The molecule has 1 aliphatic rings. The summed E-state index contributed by atoms with van der Waals surface area (Å²) < 4.78 is 0. The van der Waals surface area contributed by atoms with Gasteiger partial charge < -0.3 is 5.32 Å². The number of nitrogens with one attached hydrogen (secondary N) is 1. The van der Waals surface area contributed by atoms with Gasteiger partial charge in [-0.1, -0.05) is 25.8 Å². The van der Waals surface area contributed by atoms with Gasteiger partial charge in [-0.2, -0.15) is 0 Å². The minimum atomic E-state index is 0.763. The van der Waals surface area contributed by atoms with Crippen LogP contribution >= 0.6 is 0 Å². The molecule has 0 bridgehead atoms. The molecule has 0 atom stereocenters. The topological polar surface area (TPSA) is 12.0 Å². The third kappa shape index (κ3) is 1.76. The summed E-state index contributed by atoms with van der Waals surface area (Å²) in [5, 5.41) is 3.14. The van der Waals surface area contributed by atoms with E-state index < -0.39 is 0 Å². The van der Waals surface area contributed by atoms with Crippen LogP contribution in [-0.2, 0) is 0 Å². The van der Waals surface area contributed by atoms with Crippen molar-refractivity contribution in [2.24, 2.45) is 5.92 Å². The normalized spacial score (nSPS) is 20.5. The summed E-state index contributed by atoms with van der Waals surface area (Å²) in [6, 6.07) is 0. The lowest BCUT2D eigenvalue weighted by Crippen LogP contribution is -2.17. The van der Waals surface area contributed by atoms with Gasteiger partial charge in [0.2, 0.25) is 0 Å². The van der Waals surface area contributed by atoms with Crippen LogP contribution in [0, 0.1) is 5.92 Å². The zero-order valence-electron chi connectivity index (χ0n) is 6.82. The van der Waals surface area contributed by atoms with Gasteiger partial charge in [0.05, 0.1) is 0 Å². The van der Waals surface area contributed by atoms with Crippen molar-refractivity contribution in [3.05, 3.63) is 12.3 Å². The fourth-order valence-electron chi connectivity index (χ4n) is 1.66. The Morgan fingerprint density at radius 3 is 2.40 bits per heavy atom. The minimum Gasteiger partial charge on any atom is -0.392 e. The van der Waals surface area contributed by atoms with Crippen LogP contribution in [0.3, 0.4) is 0 Å². The van der Waals surface area contributed by atoms with Gasteiger partial charge in [-0.3, -0.25) is 0 Å². The van der Waals surface area contributed by atoms with E-state index in [4.69, 9.17) is 0 Å². The highest BCUT2D eigenvalue weighted by Crippen LogP contribution is 2.27. The Morgan fingerprint density at radius 2 is 1.90 bits per heavy atom. The summed E-state index contributed by atoms with van der Waals surface area (Å²) in [5.74, 6) is 0.763. The van der Waals surface area contributed by atoms with Crippen molar-refractivity contribution in [3.8, 4) is 0 Å². The zero-order valence-corrected chi connectivity index (χ0v) is 6.82. The maximum absolute atomic E-state index is 3.99. The van der Waals surface area contributed by atoms with Crippen LogP contribution in [-0.4, -0.2) is 7.05 Å². The molecule has 0 radical (unpaired) electrons. The van der Waals surface area contributed by atoms with Gasteiger partial charge in [0, 0.05) is 12.7 Å². The van der Waals surface area contributed by atoms with Crippen molar-refractivity contribution in [2.75, 3.05) is 7.05 Å². The smallest absolute Gasteiger partial charge is 0.00625 e. The lowest BCUT2D eigenvalue weighted by Gasteiger charge is -2.23. The fourth-order valence-corrected chi connectivity index (χ4v) is 1.66. The summed E-state index contributed by atoms with van der Waals surface area (Å²) >= 11 is 0. The van der Waals surface area contributed by atoms with Gasteiger partial charge in [-0.05, 0) is 18.8 Å². The second-order valence-corrected chi connectivity index (χ2v) is 3.11. The molecule has 0 aromatic rings. The third-order valence-electron chi connectivity index (χ3n) is 2.42. The highest BCUT2D eigenvalue weighted by atomic mass is 14.8. The van der Waals surface area contributed by atoms with Crippen LogP contribution in [0.15, 0.2) is 12.3 Å². The van der Waals surface area contributed by atoms with Gasteiger partial charge >= 0.3 is 0 Å². The molecule has 0 saturated heterocycles. The molecule has 10 heavy (non-hydrogen) atoms. The van der Waals surface area contributed by atoms with Crippen LogP contribution in [0.4, 0.5) is 0 Å². The molecule has 0 aromatic heterocycles. The second kappa shape index (κ2) is 3.65. The average molecular weight is 139 g/mol. The summed E-state index contributed by atoms with van der Waals surface area (Å²) in [4.78, 5) is 0. The predicted molar refractivity (Wildman–Crippen MR) is 44.8 cm³/mol. The minimum absolute atomic E-state index is 0.763. The van der Waals surface area contributed by atoms with E-state index in [0.717, 1.165) is 5.92 Å². The lowest BCUT2D eigenvalue weighted by molar-refractivity contribution is 0.391. The number of allylic oxidation sites excluding steroid dienone is 1. The number of rotatable bonds is 2. The summed E-state index contributed by atoms with van der Waals surface area (Å²) in [7, 11) is 1.97. The average Bonchev–Trinajstić information content (AvgIpc) is 2.05. The Labute approximate surface area is 63.5 Å². The Kier molecular flexibility index (Phi) is 2.79. The Hall–Kier alpha value is -0.460. The summed E-state index contributed by atoms with van der Waals surface area (Å²) in [6.45, 7) is 3.99. The molecule has 0 spiro atoms. The first-order valence-electron chi connectivity index (χ1n) is 4.21. The molecular formula is C9H17N. The maximum Gasteiger partial charge on any atom is 0.00625 e. The van der Waals surface area contributed by atoms with Crippen molar-refractivity contribution in [3.63, 3.8) is 0 Å². The van der Waals surface area contributed by atoms with Gasteiger partial charge in [0.25, 0.3) is 0 Å². The first-order chi connectivity index (χ1) is 4.84. The molecule has 0 heterocycles. The molecule has 1 saturated carbocycles. The molecule has 0 amide bonds. The number of hydrogen-bond acceptors (Lipinski definition) is 1. The first kappa shape index (κ1) is 7.64. The highest BCUT2D eigenvalue weighted by Gasteiger charge is 2.14. The van der Waals surface area contributed by atoms with Crippen molar-refractivity contribution in [1.29, 1.82) is 0 Å². The fraction of sp³-hybridized carbons (Fsp3) is 0.778. The molecule has 0 aliphatic heterocycles. The quantitative estimate of drug-likeness (QED) is 0.619. The lowest BCUT2D eigenvalue weighted by atomic mass is 9.87. The van der Waals surface area contributed by atoms with Gasteiger partial charge in [-0.25, -0.2) is 0 Å². The molecule has 1 rings (SSSR count). The van der Waals surface area contributed by atoms with Crippen molar-refractivity contribution in [2.45, 2.75) is 32.1 Å². The summed E-state index contributed by atoms with van der Waals surface area (Å²) in [5.41, 5.74) is 1.24. The van der Waals surface area contributed by atoms with Crippen molar-refractivity contribution in [1.82, 2.24) is 5.32 Å². The molecule has 1 fully saturated rings. The van der Waals surface area contributed by atoms with E-state index in [0.29, 0.717) is 0 Å². The molecule has 58 valence electrons. The number of hydrogen-bond donors (Lipinski definition) is 1. The van der Waals surface area contributed by atoms with E-state index in [2.05, 4.69) is 11.9 Å².